The van der Waals surface area contributed by atoms with Gasteiger partial charge in [-0.15, -0.1) is 0 Å². The van der Waals surface area contributed by atoms with Crippen LogP contribution in [0.25, 0.3) is 0 Å². The van der Waals surface area contributed by atoms with E-state index in [0.717, 1.165) is 58.6 Å². The smallest absolute Gasteiger partial charge is 0.307 e. The Kier molecular flexibility index (Phi) is 56.5. The number of carboxylic acid groups (broad SMARTS) is 1. The first-order valence-corrected chi connectivity index (χ1v) is 16.0. The van der Waals surface area contributed by atoms with Crippen molar-refractivity contribution in [3.8, 4) is 0 Å². The summed E-state index contributed by atoms with van der Waals surface area (Å²) in [5, 5.41) is 46.9. The number of carboxylic acids is 1. The van der Waals surface area contributed by atoms with E-state index in [4.69, 9.17) is 42.4 Å². The number of benzene rings is 2. The third-order valence-electron chi connectivity index (χ3n) is 3.36. The zero-order valence-corrected chi connectivity index (χ0v) is 32.7. The normalized spacial score (nSPS) is 7.93. The van der Waals surface area contributed by atoms with Crippen LogP contribution in [0.1, 0.15) is 36.6 Å². The zero-order valence-electron chi connectivity index (χ0n) is 26.2. The SMILES string of the molecule is CC(=N)N.CCN.CO.CO.CO.CO.Cc1nc(Cc2ccccc2)n(C)n1.IC(I)I.O=C(O)Cc1ccccc1. The summed E-state index contributed by atoms with van der Waals surface area (Å²) >= 11 is 6.95. The van der Waals surface area contributed by atoms with Crippen molar-refractivity contribution in [2.75, 3.05) is 35.0 Å². The quantitative estimate of drug-likeness (QED) is 0.0814. The Morgan fingerprint density at radius 1 is 0.884 bits per heavy atom. The molecule has 250 valence electrons. The lowest BCUT2D eigenvalue weighted by Crippen LogP contribution is -2.00. The molecular formula is C28H51I3N6O6. The second kappa shape index (κ2) is 44.9. The molecule has 0 unspecified atom stereocenters. The summed E-state index contributed by atoms with van der Waals surface area (Å²) < 4.78 is 2.58. The lowest BCUT2D eigenvalue weighted by Gasteiger charge is -1.99. The molecule has 15 heteroatoms. The average Bonchev–Trinajstić information content (AvgIpc) is 3.30. The van der Waals surface area contributed by atoms with Gasteiger partial charge in [0.05, 0.1) is 12.3 Å². The van der Waals surface area contributed by atoms with Crippen LogP contribution in [0.2, 0.25) is 0 Å². The van der Waals surface area contributed by atoms with E-state index in [-0.39, 0.29) is 12.3 Å². The molecule has 3 aromatic rings. The van der Waals surface area contributed by atoms with Gasteiger partial charge in [0.2, 0.25) is 0 Å². The fourth-order valence-corrected chi connectivity index (χ4v) is 2.26. The number of nitrogens with two attached hydrogens (primary N) is 2. The van der Waals surface area contributed by atoms with E-state index in [1.165, 1.54) is 12.5 Å². The number of carbonyl (C=O) groups is 1. The number of hydrogen-bond donors (Lipinski definition) is 8. The Bertz CT molecular complexity index is 948. The second-order valence-electron chi connectivity index (χ2n) is 6.76. The summed E-state index contributed by atoms with van der Waals surface area (Å²) in [7, 11) is 5.93. The Morgan fingerprint density at radius 3 is 1.44 bits per heavy atom. The lowest BCUT2D eigenvalue weighted by molar-refractivity contribution is -0.136. The van der Waals surface area contributed by atoms with Crippen molar-refractivity contribution < 1.29 is 30.3 Å². The molecule has 1 heterocycles. The first-order valence-electron chi connectivity index (χ1n) is 12.3. The predicted octanol–water partition coefficient (Wildman–Crippen LogP) is 3.94. The first-order chi connectivity index (χ1) is 20.4. The van der Waals surface area contributed by atoms with E-state index < -0.39 is 5.97 Å². The maximum Gasteiger partial charge on any atom is 0.307 e. The van der Waals surface area contributed by atoms with Crippen molar-refractivity contribution in [1.82, 2.24) is 14.8 Å². The van der Waals surface area contributed by atoms with Gasteiger partial charge >= 0.3 is 5.97 Å². The molecule has 2 aromatic carbocycles. The van der Waals surface area contributed by atoms with Gasteiger partial charge in [0.1, 0.15) is 11.6 Å². The number of halogens is 3. The standard InChI is InChI=1S/C11H13N3.C8H8O2.C2H6N2.C2H7N.CHI3.4CH4O/c1-9-12-11(14(2)13-9)8-10-6-4-3-5-7-10;9-8(10)6-7-4-2-1-3-5-7;1-2(3)4;1-2-3;2-1(3)4;4*1-2/h3-7H,8H2,1-2H3;1-5H,6H2,(H,9,10);1H3,(H3,3,4);2-3H2,1H3;1H;4*2H,1H3. The van der Waals surface area contributed by atoms with Gasteiger partial charge in [0.25, 0.3) is 0 Å². The van der Waals surface area contributed by atoms with Crippen molar-refractivity contribution >= 4 is 79.6 Å². The third kappa shape index (κ3) is 50.4. The molecule has 0 aliphatic rings. The molecule has 12 nitrogen and oxygen atoms in total. The van der Waals surface area contributed by atoms with Crippen LogP contribution >= 0.6 is 67.8 Å². The topological polar surface area (TPSA) is 225 Å². The van der Waals surface area contributed by atoms with Crippen LogP contribution in [0, 0.1) is 12.3 Å². The van der Waals surface area contributed by atoms with Crippen molar-refractivity contribution in [3.63, 3.8) is 0 Å². The predicted molar refractivity (Wildman–Crippen MR) is 204 cm³/mol. The van der Waals surface area contributed by atoms with E-state index in [2.05, 4.69) is 90.0 Å². The summed E-state index contributed by atoms with van der Waals surface area (Å²) in [5.74, 6) is 1.22. The molecule has 0 bridgehead atoms. The molecule has 10 N–H and O–H groups in total. The Morgan fingerprint density at radius 2 is 1.19 bits per heavy atom. The zero-order chi connectivity index (χ0) is 35.2. The molecule has 0 amide bonds. The fourth-order valence-electron chi connectivity index (χ4n) is 2.26. The average molecular weight is 948 g/mol. The van der Waals surface area contributed by atoms with Crippen molar-refractivity contribution in [1.29, 1.82) is 5.41 Å². The van der Waals surface area contributed by atoms with Crippen LogP contribution in [0.3, 0.4) is 0 Å². The highest BCUT2D eigenvalue weighted by molar-refractivity contribution is 14.3. The minimum Gasteiger partial charge on any atom is -0.481 e. The van der Waals surface area contributed by atoms with Gasteiger partial charge in [0.15, 0.2) is 0 Å². The maximum atomic E-state index is 10.2. The number of nitrogens with zero attached hydrogens (tertiary/aromatic N) is 3. The molecular weight excluding hydrogens is 897 g/mol. The summed E-state index contributed by atoms with van der Waals surface area (Å²) in [5.41, 5.74) is 11.7. The summed E-state index contributed by atoms with van der Waals surface area (Å²) in [6, 6.07) is 19.4. The molecule has 0 spiro atoms. The van der Waals surface area contributed by atoms with Crippen LogP contribution in [0.4, 0.5) is 0 Å². The molecule has 0 radical (unpaired) electrons. The number of amidine groups is 1. The molecule has 43 heavy (non-hydrogen) atoms. The molecule has 0 saturated heterocycles. The van der Waals surface area contributed by atoms with Crippen molar-refractivity contribution in [2.24, 2.45) is 18.5 Å². The monoisotopic (exact) mass is 948 g/mol. The number of nitrogens with one attached hydrogen (secondary N) is 1. The number of aliphatic hydroxyl groups excluding tert-OH is 4. The highest BCUT2D eigenvalue weighted by Gasteiger charge is 2.03. The van der Waals surface area contributed by atoms with Crippen LogP contribution in [-0.2, 0) is 24.7 Å². The van der Waals surface area contributed by atoms with E-state index in [1.54, 1.807) is 12.1 Å². The molecule has 0 aliphatic carbocycles. The number of aryl methyl sites for hydroxylation is 2. The number of aliphatic carboxylic acids is 1. The second-order valence-corrected chi connectivity index (χ2v) is 17.6. The van der Waals surface area contributed by atoms with E-state index in [0.29, 0.717) is 0 Å². The molecule has 0 aliphatic heterocycles. The van der Waals surface area contributed by atoms with E-state index in [1.807, 2.05) is 62.0 Å². The van der Waals surface area contributed by atoms with Crippen LogP contribution in [0.5, 0.6) is 0 Å². The summed E-state index contributed by atoms with van der Waals surface area (Å²) in [4.78, 5) is 14.5. The van der Waals surface area contributed by atoms with Crippen molar-refractivity contribution in [3.05, 3.63) is 83.4 Å². The Balaban J connectivity index is -0.000000104. The van der Waals surface area contributed by atoms with Gasteiger partial charge in [-0.05, 0) is 31.5 Å². The summed E-state index contributed by atoms with van der Waals surface area (Å²) in [6.07, 6.45) is 0.957. The molecule has 3 rings (SSSR count). The van der Waals surface area contributed by atoms with Gasteiger partial charge in [-0.2, -0.15) is 5.10 Å². The van der Waals surface area contributed by atoms with E-state index >= 15 is 0 Å². The first kappa shape index (κ1) is 54.0. The highest BCUT2D eigenvalue weighted by Crippen LogP contribution is 2.16. The number of aromatic nitrogens is 3. The minimum absolute atomic E-state index is 0.112. The van der Waals surface area contributed by atoms with Gasteiger partial charge in [-0.1, -0.05) is 135 Å². The van der Waals surface area contributed by atoms with Gasteiger partial charge in [0, 0.05) is 41.9 Å². The van der Waals surface area contributed by atoms with Crippen LogP contribution in [0.15, 0.2) is 60.7 Å². The van der Waals surface area contributed by atoms with Crippen molar-refractivity contribution in [2.45, 2.75) is 33.6 Å². The number of aliphatic hydroxyl groups is 4. The fraction of sp³-hybridized carbons (Fsp3) is 0.429. The highest BCUT2D eigenvalue weighted by atomic mass is 127. The van der Waals surface area contributed by atoms with Gasteiger partial charge in [-0.25, -0.2) is 4.98 Å². The number of hydrogen-bond acceptors (Lipinski definition) is 9. The Hall–Kier alpha value is -1.49. The minimum atomic E-state index is -0.786. The van der Waals surface area contributed by atoms with E-state index in [9.17, 15) is 4.79 Å². The number of alkyl halides is 3. The number of rotatable bonds is 4. The molecule has 0 atom stereocenters. The Labute approximate surface area is 298 Å². The maximum absolute atomic E-state index is 10.2. The van der Waals surface area contributed by atoms with Crippen LogP contribution < -0.4 is 11.5 Å². The summed E-state index contributed by atoms with van der Waals surface area (Å²) in [6.45, 7) is 6.09. The van der Waals surface area contributed by atoms with Crippen LogP contribution in [-0.4, -0.2) is 87.0 Å². The van der Waals surface area contributed by atoms with Gasteiger partial charge < -0.3 is 37.0 Å². The molecule has 0 saturated carbocycles. The largest absolute Gasteiger partial charge is 0.481 e. The third-order valence-corrected chi connectivity index (χ3v) is 3.36. The van der Waals surface area contributed by atoms with Gasteiger partial charge in [-0.3, -0.25) is 14.9 Å². The molecule has 1 aromatic heterocycles. The molecule has 0 fully saturated rings. The lowest BCUT2D eigenvalue weighted by atomic mass is 10.1.